The first-order valence-electron chi connectivity index (χ1n) is 17.5. The Morgan fingerprint density at radius 2 is 0.818 bits per heavy atom. The molecule has 0 unspecified atom stereocenters. The minimum absolute atomic E-state index is 0. The van der Waals surface area contributed by atoms with Gasteiger partial charge in [0.05, 0.1) is 5.76 Å². The Balaban J connectivity index is 0.000000451. The van der Waals surface area contributed by atoms with E-state index in [-0.39, 0.29) is 38.6 Å². The van der Waals surface area contributed by atoms with Crippen molar-refractivity contribution in [2.75, 3.05) is 0 Å². The molecule has 66 heavy (non-hydrogen) atoms. The summed E-state index contributed by atoms with van der Waals surface area (Å²) in [5.74, 6) is -64.9. The molecule has 1 heterocycles. The molecule has 1 aromatic heterocycles. The Bertz CT molecular complexity index is 2510. The van der Waals surface area contributed by atoms with Gasteiger partial charge in [-0.15, -0.1) is 57.7 Å². The summed E-state index contributed by atoms with van der Waals surface area (Å²) in [7, 11) is 0. The summed E-state index contributed by atoms with van der Waals surface area (Å²) < 4.78 is 282. The van der Waals surface area contributed by atoms with Crippen LogP contribution in [0.3, 0.4) is 0 Å². The molecule has 6 aromatic rings. The molecule has 0 saturated heterocycles. The molecule has 3 nitrogen and oxygen atoms in total. The maximum Gasteiger partial charge on any atom is 0.200 e. The van der Waals surface area contributed by atoms with Gasteiger partial charge in [0.2, 0.25) is 0 Å². The number of rotatable bonds is 6. The normalized spacial score (nSPS) is 11.3. The average Bonchev–Trinajstić information content (AvgIpc) is 3.26. The van der Waals surface area contributed by atoms with Crippen molar-refractivity contribution in [3.05, 3.63) is 182 Å². The predicted molar refractivity (Wildman–Crippen MR) is 194 cm³/mol. The summed E-state index contributed by atoms with van der Waals surface area (Å²) in [6.07, 6.45) is -4.08. The molecule has 1 N–H and O–H groups in total. The van der Waals surface area contributed by atoms with Crippen molar-refractivity contribution >= 4 is 33.8 Å². The number of benzene rings is 5. The number of carbonyl (C=O) groups is 1. The number of nitrogens with zero attached hydrogens (tertiary/aromatic N) is 1. The molecule has 353 valence electrons. The van der Waals surface area contributed by atoms with E-state index in [1.165, 1.54) is 25.5 Å². The van der Waals surface area contributed by atoms with Crippen LogP contribution in [0.15, 0.2) is 54.4 Å². The van der Waals surface area contributed by atoms with Crippen LogP contribution in [0.25, 0.3) is 11.3 Å². The number of hydrogen-bond donors (Lipinski definition) is 1. The molecular weight excluding hydrogens is 1110 g/mol. The van der Waals surface area contributed by atoms with E-state index in [2.05, 4.69) is 24.0 Å². The fourth-order valence-corrected chi connectivity index (χ4v) is 6.61. The largest absolute Gasteiger partial charge is 0.512 e. The summed E-state index contributed by atoms with van der Waals surface area (Å²) in [5, 5.41) is 8.36. The third kappa shape index (κ3) is 9.42. The van der Waals surface area contributed by atoms with Crippen LogP contribution in [0.4, 0.5) is 83.4 Å². The van der Waals surface area contributed by atoms with Crippen molar-refractivity contribution in [3.8, 4) is 11.3 Å². The number of ketones is 1. The van der Waals surface area contributed by atoms with Gasteiger partial charge < -0.3 is 10.1 Å². The van der Waals surface area contributed by atoms with Gasteiger partial charge in [0.25, 0.3) is 0 Å². The van der Waals surface area contributed by atoms with Gasteiger partial charge in [-0.3, -0.25) is 4.79 Å². The quantitative estimate of drug-likeness (QED) is 0.0344. The second-order valence-corrected chi connectivity index (χ2v) is 13.5. The molecule has 0 aliphatic heterocycles. The number of allylic oxidation sites excluding steroid dienone is 2. The van der Waals surface area contributed by atoms with Crippen LogP contribution in [0, 0.1) is 130 Å². The van der Waals surface area contributed by atoms with E-state index < -0.39 is 144 Å². The Morgan fingerprint density at radius 3 is 1.08 bits per heavy atom. The Kier molecular flexibility index (Phi) is 17.2. The summed E-state index contributed by atoms with van der Waals surface area (Å²) in [6, 6.07) is 15.1. The Hall–Kier alpha value is -6.16. The standard InChI is InChI=1S/C25H3BF19.C12H10N.C5H8O2.Ir/c1-2-7(27)9(29)3(10(30)8(2)28)26(4-11(31)17(37)23(43)18(38)12(4)32,5-13(33)19(39)24(44)20(40)14(5)34)6-15(35)21(41)25(45)22(42)16(6)36;1-10-6-5-9-13-12(10)11-7-3-2-4-8-11;1-4(6)3-5(2)7;/h1H3;2-7,9H,1H3;3,6H,1-2H3;/q2*-1;;. The van der Waals surface area contributed by atoms with Gasteiger partial charge in [-0.05, 0) is 39.5 Å². The zero-order chi connectivity index (χ0) is 49.3. The number of carbonyl (C=O) groups excluding carboxylic acids is 1. The minimum atomic E-state index is -7.05. The van der Waals surface area contributed by atoms with Crippen LogP contribution in [0.5, 0.6) is 0 Å². The number of halogens is 19. The molecule has 0 atom stereocenters. The van der Waals surface area contributed by atoms with Crippen molar-refractivity contribution in [1.82, 2.24) is 4.98 Å². The summed E-state index contributed by atoms with van der Waals surface area (Å²) in [6.45, 7) is 5.05. The van der Waals surface area contributed by atoms with Crippen LogP contribution in [-0.2, 0) is 24.9 Å². The van der Waals surface area contributed by atoms with Crippen LogP contribution in [0.2, 0.25) is 0 Å². The molecule has 0 amide bonds. The first kappa shape index (κ1) is 54.2. The van der Waals surface area contributed by atoms with Gasteiger partial charge in [0, 0.05) is 37.9 Å². The number of hydrogen-bond acceptors (Lipinski definition) is 3. The van der Waals surface area contributed by atoms with Crippen molar-refractivity contribution < 1.29 is 113 Å². The van der Waals surface area contributed by atoms with E-state index in [1.807, 2.05) is 36.5 Å². The smallest absolute Gasteiger partial charge is 0.200 e. The number of aliphatic hydroxyl groups is 1. The third-order valence-electron chi connectivity index (χ3n) is 9.37. The Labute approximate surface area is 372 Å². The molecule has 0 saturated carbocycles. The monoisotopic (exact) mass is 1140 g/mol. The van der Waals surface area contributed by atoms with Gasteiger partial charge in [-0.2, -0.15) is 0 Å². The van der Waals surface area contributed by atoms with Crippen LogP contribution in [0.1, 0.15) is 25.0 Å². The second kappa shape index (κ2) is 21.0. The molecule has 0 aliphatic rings. The molecule has 5 aromatic carbocycles. The van der Waals surface area contributed by atoms with E-state index in [1.54, 1.807) is 0 Å². The van der Waals surface area contributed by atoms with E-state index >= 15 is 35.1 Å². The van der Waals surface area contributed by atoms with Crippen molar-refractivity contribution in [2.24, 2.45) is 0 Å². The topological polar surface area (TPSA) is 50.2 Å². The first-order valence-corrected chi connectivity index (χ1v) is 17.5. The van der Waals surface area contributed by atoms with Gasteiger partial charge in [-0.25, -0.2) is 83.4 Å². The maximum absolute atomic E-state index is 15.6. The molecule has 6 rings (SSSR count). The van der Waals surface area contributed by atoms with Crippen LogP contribution < -0.4 is 21.9 Å². The molecule has 0 aliphatic carbocycles. The summed E-state index contributed by atoms with van der Waals surface area (Å²) in [4.78, 5) is 14.3. The summed E-state index contributed by atoms with van der Waals surface area (Å²) in [5.41, 5.74) is -12.3. The van der Waals surface area contributed by atoms with Crippen molar-refractivity contribution in [2.45, 2.75) is 27.7 Å². The van der Waals surface area contributed by atoms with E-state index in [4.69, 9.17) is 5.11 Å². The van der Waals surface area contributed by atoms with E-state index in [0.717, 1.165) is 11.3 Å². The number of aryl methyl sites for hydroxylation is 1. The van der Waals surface area contributed by atoms with Gasteiger partial charge in [-0.1, -0.05) is 11.6 Å². The molecule has 0 bridgehead atoms. The fourth-order valence-electron chi connectivity index (χ4n) is 6.61. The molecule has 24 heteroatoms. The number of aliphatic hydroxyl groups excluding tert-OH is 1. The number of pyridine rings is 1. The molecular formula is C42H21BF19IrNO2-2. The molecule has 0 spiro atoms. The Morgan fingerprint density at radius 1 is 0.500 bits per heavy atom. The van der Waals surface area contributed by atoms with E-state index in [9.17, 15) is 53.1 Å². The van der Waals surface area contributed by atoms with Gasteiger partial charge >= 0.3 is 0 Å². The number of aromatic nitrogens is 1. The zero-order valence-electron chi connectivity index (χ0n) is 33.0. The summed E-state index contributed by atoms with van der Waals surface area (Å²) >= 11 is 0. The zero-order valence-corrected chi connectivity index (χ0v) is 35.4. The third-order valence-corrected chi connectivity index (χ3v) is 9.37. The minimum Gasteiger partial charge on any atom is -0.512 e. The van der Waals surface area contributed by atoms with Gasteiger partial charge in [0.15, 0.2) is 69.8 Å². The van der Waals surface area contributed by atoms with Gasteiger partial charge in [0.1, 0.15) is 52.7 Å². The van der Waals surface area contributed by atoms with Crippen LogP contribution >= 0.6 is 0 Å². The van der Waals surface area contributed by atoms with E-state index in [0.29, 0.717) is 0 Å². The SMILES string of the molecule is CC(=O)C=C(C)O.Cc1c(F)c(F)c([B-](c2c(F)c(F)c(F)c(F)c2F)(c2c(F)c(F)c(F)c(F)c2F)c2c(F)c(F)c(F)c(F)c2F)c(F)c1F.Cc1cccnc1-c1[c-]cccc1.[Ir]. The maximum atomic E-state index is 15.6. The molecule has 0 fully saturated rings. The first-order chi connectivity index (χ1) is 30.2. The second-order valence-electron chi connectivity index (χ2n) is 13.5. The fraction of sp³-hybridized carbons (Fsp3) is 0.0952. The molecule has 1 radical (unpaired) electrons. The predicted octanol–water partition coefficient (Wildman–Crippen LogP) is 9.91. The van der Waals surface area contributed by atoms with Crippen molar-refractivity contribution in [3.63, 3.8) is 0 Å². The average molecular weight is 1140 g/mol. The van der Waals surface area contributed by atoms with Crippen molar-refractivity contribution in [1.29, 1.82) is 0 Å². The van der Waals surface area contributed by atoms with Crippen LogP contribution in [-0.4, -0.2) is 22.0 Å².